The molecule has 0 aliphatic carbocycles. The molecule has 2 aliphatic rings. The van der Waals surface area contributed by atoms with Crippen molar-refractivity contribution in [3.05, 3.63) is 18.5 Å². The molecule has 27 heavy (non-hydrogen) atoms. The molecule has 3 rings (SSSR count). The summed E-state index contributed by atoms with van der Waals surface area (Å²) in [6, 6.07) is 1.94. The Morgan fingerprint density at radius 2 is 1.74 bits per heavy atom. The molecule has 7 nitrogen and oxygen atoms in total. The summed E-state index contributed by atoms with van der Waals surface area (Å²) in [5.41, 5.74) is 0. The lowest BCUT2D eigenvalue weighted by Crippen LogP contribution is -2.58. The van der Waals surface area contributed by atoms with Crippen LogP contribution >= 0.6 is 0 Å². The Labute approximate surface area is 162 Å². The second-order valence-electron chi connectivity index (χ2n) is 8.22. The molecule has 1 amide bonds. The summed E-state index contributed by atoms with van der Waals surface area (Å²) in [6.07, 6.45) is 5.71. The highest BCUT2D eigenvalue weighted by Gasteiger charge is 2.35. The van der Waals surface area contributed by atoms with Gasteiger partial charge in [-0.25, -0.2) is 9.97 Å². The Hall–Kier alpha value is -1.73. The standard InChI is InChI=1S/C20H33N5O2/c1-14(2)18(25-12-15(3)27-16(4)13-25)19(26)23-17-6-10-24(11-7-17)20-21-8-5-9-22-20/h5,8-9,14-18H,6-7,10-13H2,1-4H3,(H,23,26)/t15-,16+,18-/m1/s1. The van der Waals surface area contributed by atoms with E-state index in [2.05, 4.69) is 52.8 Å². The number of nitrogens with zero attached hydrogens (tertiary/aromatic N) is 4. The molecule has 3 atom stereocenters. The molecule has 7 heteroatoms. The highest BCUT2D eigenvalue weighted by molar-refractivity contribution is 5.82. The predicted octanol–water partition coefficient (Wildman–Crippen LogP) is 1.70. The second kappa shape index (κ2) is 8.97. The highest BCUT2D eigenvalue weighted by atomic mass is 16.5. The molecule has 1 aromatic rings. The zero-order valence-corrected chi connectivity index (χ0v) is 17.0. The van der Waals surface area contributed by atoms with E-state index in [0.29, 0.717) is 0 Å². The molecule has 0 saturated carbocycles. The van der Waals surface area contributed by atoms with Crippen molar-refractivity contribution >= 4 is 11.9 Å². The predicted molar refractivity (Wildman–Crippen MR) is 106 cm³/mol. The van der Waals surface area contributed by atoms with E-state index < -0.39 is 0 Å². The highest BCUT2D eigenvalue weighted by Crippen LogP contribution is 2.20. The van der Waals surface area contributed by atoms with Crippen molar-refractivity contribution in [2.75, 3.05) is 31.1 Å². The van der Waals surface area contributed by atoms with E-state index in [9.17, 15) is 4.79 Å². The summed E-state index contributed by atoms with van der Waals surface area (Å²) >= 11 is 0. The van der Waals surface area contributed by atoms with Gasteiger partial charge in [0.2, 0.25) is 11.9 Å². The van der Waals surface area contributed by atoms with Gasteiger partial charge in [0.25, 0.3) is 0 Å². The first-order valence-electron chi connectivity index (χ1n) is 10.2. The first-order valence-corrected chi connectivity index (χ1v) is 10.2. The van der Waals surface area contributed by atoms with Gasteiger partial charge in [0.15, 0.2) is 0 Å². The van der Waals surface area contributed by atoms with E-state index in [1.54, 1.807) is 12.4 Å². The Bertz CT molecular complexity index is 594. The number of hydrogen-bond donors (Lipinski definition) is 1. The van der Waals surface area contributed by atoms with Crippen LogP contribution in [0, 0.1) is 5.92 Å². The van der Waals surface area contributed by atoms with E-state index in [0.717, 1.165) is 45.0 Å². The Kier molecular flexibility index (Phi) is 6.65. The van der Waals surface area contributed by atoms with Gasteiger partial charge in [0, 0.05) is 44.6 Å². The first kappa shape index (κ1) is 20.0. The zero-order chi connectivity index (χ0) is 19.4. The average molecular weight is 376 g/mol. The van der Waals surface area contributed by atoms with Crippen LogP contribution in [-0.2, 0) is 9.53 Å². The van der Waals surface area contributed by atoms with Gasteiger partial charge in [0.1, 0.15) is 0 Å². The maximum atomic E-state index is 13.1. The molecular formula is C20H33N5O2. The van der Waals surface area contributed by atoms with Crippen molar-refractivity contribution in [2.45, 2.75) is 64.8 Å². The van der Waals surface area contributed by atoms with E-state index in [1.807, 2.05) is 6.07 Å². The number of rotatable bonds is 5. The number of morpholine rings is 1. The van der Waals surface area contributed by atoms with E-state index in [4.69, 9.17) is 4.74 Å². The van der Waals surface area contributed by atoms with Gasteiger partial charge in [-0.2, -0.15) is 0 Å². The van der Waals surface area contributed by atoms with Gasteiger partial charge in [0.05, 0.1) is 18.2 Å². The lowest BCUT2D eigenvalue weighted by atomic mass is 9.98. The largest absolute Gasteiger partial charge is 0.373 e. The van der Waals surface area contributed by atoms with Gasteiger partial charge in [-0.05, 0) is 38.7 Å². The van der Waals surface area contributed by atoms with E-state index in [-0.39, 0.29) is 36.1 Å². The van der Waals surface area contributed by atoms with Crippen molar-refractivity contribution in [2.24, 2.45) is 5.92 Å². The van der Waals surface area contributed by atoms with Crippen molar-refractivity contribution in [3.8, 4) is 0 Å². The molecule has 0 spiro atoms. The SMILES string of the molecule is CC(C)[C@H](C(=O)NC1CCN(c2ncccn2)CC1)N1C[C@@H](C)O[C@@H](C)C1. The summed E-state index contributed by atoms with van der Waals surface area (Å²) in [7, 11) is 0. The maximum Gasteiger partial charge on any atom is 0.237 e. The third kappa shape index (κ3) is 5.17. The van der Waals surface area contributed by atoms with Crippen molar-refractivity contribution in [1.82, 2.24) is 20.2 Å². The summed E-state index contributed by atoms with van der Waals surface area (Å²) < 4.78 is 5.84. The van der Waals surface area contributed by atoms with Crippen LogP contribution in [0.4, 0.5) is 5.95 Å². The first-order chi connectivity index (χ1) is 12.9. The Morgan fingerprint density at radius 1 is 1.15 bits per heavy atom. The summed E-state index contributed by atoms with van der Waals surface area (Å²) in [6.45, 7) is 11.8. The molecule has 0 aromatic carbocycles. The van der Waals surface area contributed by atoms with Gasteiger partial charge in [-0.1, -0.05) is 13.8 Å². The monoisotopic (exact) mass is 375 g/mol. The molecule has 150 valence electrons. The van der Waals surface area contributed by atoms with Crippen LogP contribution in [0.1, 0.15) is 40.5 Å². The number of aromatic nitrogens is 2. The van der Waals surface area contributed by atoms with Crippen molar-refractivity contribution < 1.29 is 9.53 Å². The smallest absolute Gasteiger partial charge is 0.237 e. The van der Waals surface area contributed by atoms with E-state index >= 15 is 0 Å². The summed E-state index contributed by atoms with van der Waals surface area (Å²) in [5, 5.41) is 3.31. The molecule has 0 unspecified atom stereocenters. The van der Waals surface area contributed by atoms with E-state index in [1.165, 1.54) is 0 Å². The molecular weight excluding hydrogens is 342 g/mol. The van der Waals surface area contributed by atoms with Crippen LogP contribution in [0.25, 0.3) is 0 Å². The molecule has 0 radical (unpaired) electrons. The van der Waals surface area contributed by atoms with Crippen LogP contribution in [0.15, 0.2) is 18.5 Å². The minimum Gasteiger partial charge on any atom is -0.373 e. The number of nitrogens with one attached hydrogen (secondary N) is 1. The molecule has 2 fully saturated rings. The van der Waals surface area contributed by atoms with Crippen LogP contribution in [-0.4, -0.2) is 71.2 Å². The fourth-order valence-corrected chi connectivity index (χ4v) is 4.30. The van der Waals surface area contributed by atoms with Crippen LogP contribution in [0.2, 0.25) is 0 Å². The van der Waals surface area contributed by atoms with Crippen molar-refractivity contribution in [1.29, 1.82) is 0 Å². The number of amides is 1. The molecule has 0 bridgehead atoms. The van der Waals surface area contributed by atoms with Gasteiger partial charge in [-0.3, -0.25) is 9.69 Å². The number of hydrogen-bond acceptors (Lipinski definition) is 6. The fraction of sp³-hybridized carbons (Fsp3) is 0.750. The number of piperidine rings is 1. The molecule has 1 aromatic heterocycles. The Morgan fingerprint density at radius 3 is 2.30 bits per heavy atom. The zero-order valence-electron chi connectivity index (χ0n) is 17.0. The number of ether oxygens (including phenoxy) is 1. The van der Waals surface area contributed by atoms with Crippen LogP contribution < -0.4 is 10.2 Å². The molecule has 2 saturated heterocycles. The molecule has 2 aliphatic heterocycles. The van der Waals surface area contributed by atoms with Crippen LogP contribution in [0.3, 0.4) is 0 Å². The molecule has 1 N–H and O–H groups in total. The molecule has 3 heterocycles. The van der Waals surface area contributed by atoms with Gasteiger partial charge >= 0.3 is 0 Å². The summed E-state index contributed by atoms with van der Waals surface area (Å²) in [4.78, 5) is 26.2. The topological polar surface area (TPSA) is 70.6 Å². The summed E-state index contributed by atoms with van der Waals surface area (Å²) in [5.74, 6) is 1.19. The second-order valence-corrected chi connectivity index (χ2v) is 8.22. The lowest BCUT2D eigenvalue weighted by molar-refractivity contribution is -0.136. The van der Waals surface area contributed by atoms with Gasteiger partial charge in [-0.15, -0.1) is 0 Å². The number of carbonyl (C=O) groups excluding carboxylic acids is 1. The minimum absolute atomic E-state index is 0.103. The number of carbonyl (C=O) groups is 1. The normalized spacial score (nSPS) is 26.2. The van der Waals surface area contributed by atoms with Crippen LogP contribution in [0.5, 0.6) is 0 Å². The lowest BCUT2D eigenvalue weighted by Gasteiger charge is -2.41. The maximum absolute atomic E-state index is 13.1. The van der Waals surface area contributed by atoms with Crippen molar-refractivity contribution in [3.63, 3.8) is 0 Å². The quantitative estimate of drug-likeness (QED) is 0.845. The van der Waals surface area contributed by atoms with Gasteiger partial charge < -0.3 is 15.0 Å². The third-order valence-corrected chi connectivity index (χ3v) is 5.42. The minimum atomic E-state index is -0.103. The fourth-order valence-electron chi connectivity index (χ4n) is 4.30. The average Bonchev–Trinajstić information content (AvgIpc) is 2.62. The Balaban J connectivity index is 1.55. The number of anilines is 1. The third-order valence-electron chi connectivity index (χ3n) is 5.42.